The Balaban J connectivity index is 1.92. The van der Waals surface area contributed by atoms with Gasteiger partial charge in [0, 0.05) is 25.3 Å². The summed E-state index contributed by atoms with van der Waals surface area (Å²) >= 11 is 0. The van der Waals surface area contributed by atoms with E-state index in [2.05, 4.69) is 15.5 Å². The summed E-state index contributed by atoms with van der Waals surface area (Å²) in [6.45, 7) is 1.55. The minimum atomic E-state index is -0.809. The maximum Gasteiger partial charge on any atom is 0.319 e. The summed E-state index contributed by atoms with van der Waals surface area (Å²) in [5.74, 6) is 0. The van der Waals surface area contributed by atoms with Crippen LogP contribution in [0.4, 0.5) is 10.5 Å². The van der Waals surface area contributed by atoms with E-state index in [-0.39, 0.29) is 25.2 Å². The Morgan fingerprint density at radius 1 is 1.15 bits per heavy atom. The van der Waals surface area contributed by atoms with Gasteiger partial charge in [-0.25, -0.2) is 4.79 Å². The number of carbonyl (C=O) groups is 1. The van der Waals surface area contributed by atoms with Gasteiger partial charge in [0.25, 0.3) is 0 Å². The fraction of sp³-hybridized carbons (Fsp3) is 0.611. The first-order chi connectivity index (χ1) is 12.4. The molecule has 8 nitrogen and oxygen atoms in total. The van der Waals surface area contributed by atoms with Crippen molar-refractivity contribution >= 4 is 11.7 Å². The number of para-hydroxylation sites is 1. The molecule has 1 aliphatic heterocycles. The van der Waals surface area contributed by atoms with Crippen molar-refractivity contribution in [3.63, 3.8) is 0 Å². The third kappa shape index (κ3) is 5.65. The molecule has 1 saturated heterocycles. The first kappa shape index (κ1) is 20.6. The van der Waals surface area contributed by atoms with E-state index in [1.807, 2.05) is 44.2 Å². The number of urea groups is 1. The van der Waals surface area contributed by atoms with Gasteiger partial charge in [-0.3, -0.25) is 4.90 Å². The van der Waals surface area contributed by atoms with Gasteiger partial charge in [-0.15, -0.1) is 0 Å². The molecule has 1 aromatic carbocycles. The second kappa shape index (κ2) is 9.84. The lowest BCUT2D eigenvalue weighted by molar-refractivity contribution is -0.0205. The molecule has 4 atom stereocenters. The van der Waals surface area contributed by atoms with Crippen molar-refractivity contribution in [3.8, 4) is 0 Å². The van der Waals surface area contributed by atoms with Crippen LogP contribution in [0.1, 0.15) is 0 Å². The first-order valence-corrected chi connectivity index (χ1v) is 8.81. The van der Waals surface area contributed by atoms with Crippen LogP contribution in [0.25, 0.3) is 0 Å². The summed E-state index contributed by atoms with van der Waals surface area (Å²) in [7, 11) is 5.88. The topological polar surface area (TPSA) is 97.3 Å². The molecular weight excluding hydrogens is 336 g/mol. The van der Waals surface area contributed by atoms with Gasteiger partial charge in [-0.1, -0.05) is 18.2 Å². The Morgan fingerprint density at radius 3 is 2.46 bits per heavy atom. The van der Waals surface area contributed by atoms with Crippen LogP contribution >= 0.6 is 0 Å². The summed E-state index contributed by atoms with van der Waals surface area (Å²) in [6, 6.07) is 8.52. The second-order valence-corrected chi connectivity index (χ2v) is 6.86. The number of ether oxygens (including phenoxy) is 1. The molecule has 0 spiro atoms. The molecule has 1 aliphatic rings. The van der Waals surface area contributed by atoms with Gasteiger partial charge in [0.15, 0.2) is 0 Å². The molecule has 1 heterocycles. The van der Waals surface area contributed by atoms with Crippen LogP contribution in [-0.4, -0.2) is 97.8 Å². The average Bonchev–Trinajstić information content (AvgIpc) is 2.94. The van der Waals surface area contributed by atoms with Gasteiger partial charge in [0.2, 0.25) is 0 Å². The highest BCUT2D eigenvalue weighted by Gasteiger charge is 2.45. The van der Waals surface area contributed by atoms with Crippen molar-refractivity contribution < 1.29 is 19.7 Å². The summed E-state index contributed by atoms with van der Waals surface area (Å²) < 4.78 is 5.77. The van der Waals surface area contributed by atoms with Crippen LogP contribution in [0.15, 0.2) is 30.3 Å². The van der Waals surface area contributed by atoms with Crippen LogP contribution in [0, 0.1) is 0 Å². The number of hydrogen-bond acceptors (Lipinski definition) is 6. The Labute approximate surface area is 154 Å². The molecule has 0 unspecified atom stereocenters. The highest BCUT2D eigenvalue weighted by Crippen LogP contribution is 2.24. The molecule has 0 radical (unpaired) electrons. The van der Waals surface area contributed by atoms with E-state index >= 15 is 0 Å². The van der Waals surface area contributed by atoms with Gasteiger partial charge >= 0.3 is 6.03 Å². The normalized spacial score (nSPS) is 25.7. The summed E-state index contributed by atoms with van der Waals surface area (Å²) in [4.78, 5) is 16.2. The molecule has 0 aromatic heterocycles. The minimum absolute atomic E-state index is 0.239. The van der Waals surface area contributed by atoms with Crippen LogP contribution in [0.3, 0.4) is 0 Å². The third-order valence-corrected chi connectivity index (χ3v) is 4.55. The molecule has 0 saturated carbocycles. The molecule has 2 rings (SSSR count). The van der Waals surface area contributed by atoms with Crippen molar-refractivity contribution in [2.24, 2.45) is 0 Å². The number of amides is 2. The Morgan fingerprint density at radius 2 is 1.85 bits per heavy atom. The Hall–Kier alpha value is -1.71. The third-order valence-electron chi connectivity index (χ3n) is 4.55. The zero-order valence-electron chi connectivity index (χ0n) is 15.6. The molecule has 0 aliphatic carbocycles. The molecular formula is C18H30N4O4. The SMILES string of the molecule is CN(C)CCN(C)[C@@H]1[C@H](O)[C@H](CO)O[C@@H]1CNC(=O)Nc1ccccc1. The van der Waals surface area contributed by atoms with Gasteiger partial charge in [-0.2, -0.15) is 0 Å². The summed E-state index contributed by atoms with van der Waals surface area (Å²) in [6.07, 6.45) is -1.86. The number of hydrogen-bond donors (Lipinski definition) is 4. The molecule has 2 amide bonds. The molecule has 1 aromatic rings. The standard InChI is InChI=1S/C18H30N4O4/c1-21(2)9-10-22(3)16-14(26-15(12-23)17(16)24)11-19-18(25)20-13-7-5-4-6-8-13/h4-8,14-17,23-24H,9-12H2,1-3H3,(H2,19,20,25)/t14-,15+,16+,17-/m1/s1. The molecule has 8 heteroatoms. The monoisotopic (exact) mass is 366 g/mol. The zero-order chi connectivity index (χ0) is 19.1. The van der Waals surface area contributed by atoms with Gasteiger partial charge in [0.05, 0.1) is 18.8 Å². The minimum Gasteiger partial charge on any atom is -0.394 e. The number of anilines is 1. The quantitative estimate of drug-likeness (QED) is 0.508. The molecule has 0 bridgehead atoms. The van der Waals surface area contributed by atoms with Crippen LogP contribution in [0.2, 0.25) is 0 Å². The van der Waals surface area contributed by atoms with Gasteiger partial charge in [0.1, 0.15) is 12.2 Å². The lowest BCUT2D eigenvalue weighted by Crippen LogP contribution is -2.51. The lowest BCUT2D eigenvalue weighted by Gasteiger charge is -2.31. The number of benzene rings is 1. The lowest BCUT2D eigenvalue weighted by atomic mass is 10.0. The van der Waals surface area contributed by atoms with E-state index in [1.54, 1.807) is 12.1 Å². The van der Waals surface area contributed by atoms with E-state index in [0.717, 1.165) is 13.1 Å². The molecule has 4 N–H and O–H groups in total. The maximum atomic E-state index is 12.1. The van der Waals surface area contributed by atoms with Crippen LogP contribution in [-0.2, 0) is 4.74 Å². The summed E-state index contributed by atoms with van der Waals surface area (Å²) in [5.41, 5.74) is 0.699. The maximum absolute atomic E-state index is 12.1. The summed E-state index contributed by atoms with van der Waals surface area (Å²) in [5, 5.41) is 25.5. The fourth-order valence-electron chi connectivity index (χ4n) is 3.09. The second-order valence-electron chi connectivity index (χ2n) is 6.86. The molecule has 26 heavy (non-hydrogen) atoms. The van der Waals surface area contributed by atoms with E-state index in [9.17, 15) is 15.0 Å². The van der Waals surface area contributed by atoms with Crippen molar-refractivity contribution in [2.75, 3.05) is 52.7 Å². The number of carbonyl (C=O) groups excluding carboxylic acids is 1. The number of rotatable bonds is 8. The van der Waals surface area contributed by atoms with Crippen LogP contribution in [0.5, 0.6) is 0 Å². The van der Waals surface area contributed by atoms with Crippen LogP contribution < -0.4 is 10.6 Å². The fourth-order valence-corrected chi connectivity index (χ4v) is 3.09. The zero-order valence-corrected chi connectivity index (χ0v) is 15.6. The molecule has 146 valence electrons. The predicted octanol–water partition coefficient (Wildman–Crippen LogP) is -0.209. The number of aliphatic hydroxyl groups is 2. The van der Waals surface area contributed by atoms with Crippen molar-refractivity contribution in [1.29, 1.82) is 0 Å². The Kier molecular flexibility index (Phi) is 7.80. The number of likely N-dealkylation sites (N-methyl/N-ethyl adjacent to an activating group) is 2. The Bertz CT molecular complexity index is 557. The van der Waals surface area contributed by atoms with E-state index in [4.69, 9.17) is 4.74 Å². The first-order valence-electron chi connectivity index (χ1n) is 8.81. The largest absolute Gasteiger partial charge is 0.394 e. The highest BCUT2D eigenvalue weighted by molar-refractivity contribution is 5.89. The van der Waals surface area contributed by atoms with E-state index < -0.39 is 18.3 Å². The van der Waals surface area contributed by atoms with Gasteiger partial charge in [-0.05, 0) is 33.3 Å². The number of nitrogens with one attached hydrogen (secondary N) is 2. The average molecular weight is 366 g/mol. The van der Waals surface area contributed by atoms with Crippen molar-refractivity contribution in [3.05, 3.63) is 30.3 Å². The smallest absolute Gasteiger partial charge is 0.319 e. The van der Waals surface area contributed by atoms with Gasteiger partial charge < -0.3 is 30.5 Å². The van der Waals surface area contributed by atoms with E-state index in [1.165, 1.54) is 0 Å². The number of aliphatic hydroxyl groups excluding tert-OH is 2. The van der Waals surface area contributed by atoms with E-state index in [0.29, 0.717) is 5.69 Å². The highest BCUT2D eigenvalue weighted by atomic mass is 16.5. The molecule has 1 fully saturated rings. The van der Waals surface area contributed by atoms with Crippen molar-refractivity contribution in [2.45, 2.75) is 24.4 Å². The predicted molar refractivity (Wildman–Crippen MR) is 100 cm³/mol. The van der Waals surface area contributed by atoms with Crippen molar-refractivity contribution in [1.82, 2.24) is 15.1 Å². The number of nitrogens with zero attached hydrogens (tertiary/aromatic N) is 2.